The summed E-state index contributed by atoms with van der Waals surface area (Å²) in [5, 5.41) is 5.75. The standard InChI is InChI=1S/C9H18N2O/c1-10-7-9(12)11-6-8-4-2-3-5-8/h8,10H,2-7H2,1H3,(H,11,12). The van der Waals surface area contributed by atoms with E-state index >= 15 is 0 Å². The third kappa shape index (κ3) is 3.22. The normalized spacial score (nSPS) is 18.1. The zero-order chi connectivity index (χ0) is 8.81. The minimum atomic E-state index is 0.115. The predicted octanol–water partition coefficient (Wildman–Crippen LogP) is 0.512. The van der Waals surface area contributed by atoms with E-state index in [0.717, 1.165) is 12.5 Å². The zero-order valence-corrected chi connectivity index (χ0v) is 7.73. The van der Waals surface area contributed by atoms with E-state index in [2.05, 4.69) is 10.6 Å². The quantitative estimate of drug-likeness (QED) is 0.645. The van der Waals surface area contributed by atoms with Crippen molar-refractivity contribution in [2.75, 3.05) is 20.1 Å². The highest BCUT2D eigenvalue weighted by molar-refractivity contribution is 5.77. The van der Waals surface area contributed by atoms with Crippen LogP contribution in [0.25, 0.3) is 0 Å². The molecule has 0 unspecified atom stereocenters. The molecule has 0 aromatic heterocycles. The summed E-state index contributed by atoms with van der Waals surface area (Å²) in [4.78, 5) is 11.0. The van der Waals surface area contributed by atoms with Crippen molar-refractivity contribution in [2.24, 2.45) is 5.92 Å². The molecule has 2 N–H and O–H groups in total. The second-order valence-corrected chi connectivity index (χ2v) is 3.48. The number of hydrogen-bond donors (Lipinski definition) is 2. The number of amides is 1. The first-order valence-electron chi connectivity index (χ1n) is 4.74. The lowest BCUT2D eigenvalue weighted by molar-refractivity contribution is -0.120. The molecule has 1 rings (SSSR count). The first kappa shape index (κ1) is 9.52. The third-order valence-electron chi connectivity index (χ3n) is 2.40. The third-order valence-corrected chi connectivity index (χ3v) is 2.40. The molecule has 0 aromatic carbocycles. The van der Waals surface area contributed by atoms with Crippen LogP contribution in [0, 0.1) is 5.92 Å². The maximum Gasteiger partial charge on any atom is 0.233 e. The first-order valence-corrected chi connectivity index (χ1v) is 4.74. The monoisotopic (exact) mass is 170 g/mol. The summed E-state index contributed by atoms with van der Waals surface area (Å²) in [5.41, 5.74) is 0. The number of likely N-dealkylation sites (N-methyl/N-ethyl adjacent to an activating group) is 1. The lowest BCUT2D eigenvalue weighted by atomic mass is 10.1. The molecule has 0 saturated heterocycles. The summed E-state index contributed by atoms with van der Waals surface area (Å²) < 4.78 is 0. The average molecular weight is 170 g/mol. The minimum Gasteiger partial charge on any atom is -0.355 e. The predicted molar refractivity (Wildman–Crippen MR) is 48.9 cm³/mol. The van der Waals surface area contributed by atoms with Crippen molar-refractivity contribution in [2.45, 2.75) is 25.7 Å². The van der Waals surface area contributed by atoms with Gasteiger partial charge in [0.25, 0.3) is 0 Å². The number of carbonyl (C=O) groups excluding carboxylic acids is 1. The smallest absolute Gasteiger partial charge is 0.233 e. The van der Waals surface area contributed by atoms with Gasteiger partial charge in [0.2, 0.25) is 5.91 Å². The van der Waals surface area contributed by atoms with Gasteiger partial charge in [0.1, 0.15) is 0 Å². The van der Waals surface area contributed by atoms with E-state index in [-0.39, 0.29) is 5.91 Å². The summed E-state index contributed by atoms with van der Waals surface area (Å²) in [7, 11) is 1.79. The van der Waals surface area contributed by atoms with Crippen molar-refractivity contribution in [3.8, 4) is 0 Å². The van der Waals surface area contributed by atoms with E-state index in [0.29, 0.717) is 6.54 Å². The van der Waals surface area contributed by atoms with Crippen molar-refractivity contribution in [1.82, 2.24) is 10.6 Å². The van der Waals surface area contributed by atoms with Crippen molar-refractivity contribution in [1.29, 1.82) is 0 Å². The van der Waals surface area contributed by atoms with Crippen molar-refractivity contribution >= 4 is 5.91 Å². The van der Waals surface area contributed by atoms with Gasteiger partial charge in [-0.05, 0) is 25.8 Å². The lowest BCUT2D eigenvalue weighted by Gasteiger charge is -2.09. The molecule has 0 heterocycles. The van der Waals surface area contributed by atoms with Crippen LogP contribution in [0.5, 0.6) is 0 Å². The molecule has 0 bridgehead atoms. The van der Waals surface area contributed by atoms with E-state index in [9.17, 15) is 4.79 Å². The number of nitrogens with one attached hydrogen (secondary N) is 2. The van der Waals surface area contributed by atoms with Crippen molar-refractivity contribution in [3.05, 3.63) is 0 Å². The molecule has 3 nitrogen and oxygen atoms in total. The van der Waals surface area contributed by atoms with Gasteiger partial charge in [0.15, 0.2) is 0 Å². The van der Waals surface area contributed by atoms with Crippen LogP contribution >= 0.6 is 0 Å². The van der Waals surface area contributed by atoms with Crippen LogP contribution in [0.2, 0.25) is 0 Å². The topological polar surface area (TPSA) is 41.1 Å². The molecule has 1 amide bonds. The summed E-state index contributed by atoms with van der Waals surface area (Å²) in [5.74, 6) is 0.857. The van der Waals surface area contributed by atoms with Crippen LogP contribution in [-0.4, -0.2) is 26.0 Å². The van der Waals surface area contributed by atoms with Crippen LogP contribution in [-0.2, 0) is 4.79 Å². The molecule has 0 radical (unpaired) electrons. The fourth-order valence-corrected chi connectivity index (χ4v) is 1.70. The van der Waals surface area contributed by atoms with Crippen LogP contribution in [0.4, 0.5) is 0 Å². The maximum absolute atomic E-state index is 11.0. The Bertz CT molecular complexity index is 141. The van der Waals surface area contributed by atoms with Gasteiger partial charge in [-0.15, -0.1) is 0 Å². The van der Waals surface area contributed by atoms with E-state index in [1.165, 1.54) is 25.7 Å². The van der Waals surface area contributed by atoms with Crippen LogP contribution in [0.1, 0.15) is 25.7 Å². The Morgan fingerprint density at radius 3 is 2.67 bits per heavy atom. The minimum absolute atomic E-state index is 0.115. The molecule has 1 fully saturated rings. The Morgan fingerprint density at radius 2 is 2.08 bits per heavy atom. The highest BCUT2D eigenvalue weighted by Gasteiger charge is 2.14. The molecular formula is C9H18N2O. The second-order valence-electron chi connectivity index (χ2n) is 3.48. The fraction of sp³-hybridized carbons (Fsp3) is 0.889. The van der Waals surface area contributed by atoms with Gasteiger partial charge >= 0.3 is 0 Å². The zero-order valence-electron chi connectivity index (χ0n) is 7.73. The van der Waals surface area contributed by atoms with Gasteiger partial charge in [-0.1, -0.05) is 12.8 Å². The summed E-state index contributed by atoms with van der Waals surface area (Å²) in [6, 6.07) is 0. The van der Waals surface area contributed by atoms with Gasteiger partial charge in [0.05, 0.1) is 6.54 Å². The van der Waals surface area contributed by atoms with Crippen molar-refractivity contribution < 1.29 is 4.79 Å². The average Bonchev–Trinajstić information content (AvgIpc) is 2.53. The Morgan fingerprint density at radius 1 is 1.42 bits per heavy atom. The molecule has 1 aliphatic rings. The van der Waals surface area contributed by atoms with Crippen LogP contribution < -0.4 is 10.6 Å². The largest absolute Gasteiger partial charge is 0.355 e. The summed E-state index contributed by atoms with van der Waals surface area (Å²) in [6.07, 6.45) is 5.26. The SMILES string of the molecule is CNCC(=O)NCC1CCCC1. The van der Waals surface area contributed by atoms with E-state index in [4.69, 9.17) is 0 Å². The van der Waals surface area contributed by atoms with E-state index < -0.39 is 0 Å². The van der Waals surface area contributed by atoms with E-state index in [1.807, 2.05) is 0 Å². The fourth-order valence-electron chi connectivity index (χ4n) is 1.70. The highest BCUT2D eigenvalue weighted by Crippen LogP contribution is 2.23. The summed E-state index contributed by atoms with van der Waals surface area (Å²) in [6.45, 7) is 1.31. The van der Waals surface area contributed by atoms with Crippen LogP contribution in [0.15, 0.2) is 0 Å². The van der Waals surface area contributed by atoms with Gasteiger partial charge in [-0.2, -0.15) is 0 Å². The molecule has 0 atom stereocenters. The molecule has 0 aliphatic heterocycles. The van der Waals surface area contributed by atoms with E-state index in [1.54, 1.807) is 7.05 Å². The van der Waals surface area contributed by atoms with Gasteiger partial charge in [-0.3, -0.25) is 4.79 Å². The molecule has 0 aromatic rings. The molecule has 12 heavy (non-hydrogen) atoms. The second kappa shape index (κ2) is 5.14. The van der Waals surface area contributed by atoms with Crippen LogP contribution in [0.3, 0.4) is 0 Å². The molecular weight excluding hydrogens is 152 g/mol. The van der Waals surface area contributed by atoms with Gasteiger partial charge in [-0.25, -0.2) is 0 Å². The highest BCUT2D eigenvalue weighted by atomic mass is 16.1. The molecule has 1 saturated carbocycles. The Kier molecular flexibility index (Phi) is 4.08. The number of hydrogen-bond acceptors (Lipinski definition) is 2. The number of rotatable bonds is 4. The lowest BCUT2D eigenvalue weighted by Crippen LogP contribution is -2.34. The van der Waals surface area contributed by atoms with Gasteiger partial charge in [0, 0.05) is 6.54 Å². The maximum atomic E-state index is 11.0. The molecule has 1 aliphatic carbocycles. The number of carbonyl (C=O) groups is 1. The Labute approximate surface area is 73.9 Å². The Balaban J connectivity index is 2.03. The molecule has 0 spiro atoms. The molecule has 70 valence electrons. The van der Waals surface area contributed by atoms with Crippen molar-refractivity contribution in [3.63, 3.8) is 0 Å². The van der Waals surface area contributed by atoms with Gasteiger partial charge < -0.3 is 10.6 Å². The molecule has 3 heteroatoms. The summed E-state index contributed by atoms with van der Waals surface area (Å²) >= 11 is 0. The Hall–Kier alpha value is -0.570. The first-order chi connectivity index (χ1) is 5.83.